The average molecular weight is 602 g/mol. The van der Waals surface area contributed by atoms with Crippen molar-refractivity contribution >= 4 is 43.6 Å². The molecule has 12 heteroatoms. The Morgan fingerprint density at radius 3 is 2.25 bits per heavy atom. The van der Waals surface area contributed by atoms with Gasteiger partial charge >= 0.3 is 6.09 Å². The van der Waals surface area contributed by atoms with Crippen LogP contribution in [0.1, 0.15) is 48.9 Å². The SMILES string of the molecule is CCN(C(=O)OCC1c2ccccc2-c2ccccc21)[C@H]1CC(C)S(=O)(=O)c2sc(S(=O)(=O)/N=C/N(C)C)cc21. The van der Waals surface area contributed by atoms with Crippen LogP contribution in [0.4, 0.5) is 4.79 Å². The maximum absolute atomic E-state index is 13.5. The van der Waals surface area contributed by atoms with Crippen molar-refractivity contribution < 1.29 is 26.4 Å². The molecule has 0 radical (unpaired) electrons. The third-order valence-corrected chi connectivity index (χ3v) is 12.9. The summed E-state index contributed by atoms with van der Waals surface area (Å²) < 4.78 is 61.5. The van der Waals surface area contributed by atoms with E-state index in [1.54, 1.807) is 27.9 Å². The van der Waals surface area contributed by atoms with Gasteiger partial charge in [-0.1, -0.05) is 48.5 Å². The topological polar surface area (TPSA) is 113 Å². The molecule has 5 rings (SSSR count). The van der Waals surface area contributed by atoms with Crippen LogP contribution in [0.5, 0.6) is 0 Å². The largest absolute Gasteiger partial charge is 0.448 e. The van der Waals surface area contributed by atoms with Gasteiger partial charge in [0.05, 0.1) is 11.3 Å². The molecule has 2 aliphatic rings. The lowest BCUT2D eigenvalue weighted by Crippen LogP contribution is -2.40. The number of sulfonamides is 1. The predicted octanol–water partition coefficient (Wildman–Crippen LogP) is 4.90. The van der Waals surface area contributed by atoms with Crippen LogP contribution < -0.4 is 0 Å². The van der Waals surface area contributed by atoms with E-state index in [1.807, 2.05) is 36.4 Å². The Balaban J connectivity index is 1.44. The Hall–Kier alpha value is -3.22. The van der Waals surface area contributed by atoms with E-state index < -0.39 is 37.2 Å². The van der Waals surface area contributed by atoms with Crippen molar-refractivity contribution in [3.05, 3.63) is 71.3 Å². The molecule has 212 valence electrons. The molecular formula is C28H31N3O6S3. The highest BCUT2D eigenvalue weighted by Crippen LogP contribution is 2.47. The third kappa shape index (κ3) is 4.92. The molecule has 9 nitrogen and oxygen atoms in total. The van der Waals surface area contributed by atoms with E-state index >= 15 is 0 Å². The number of ether oxygens (including phenoxy) is 1. The normalized spacial score (nSPS) is 19.6. The van der Waals surface area contributed by atoms with Crippen LogP contribution in [0.25, 0.3) is 11.1 Å². The van der Waals surface area contributed by atoms with Crippen LogP contribution >= 0.6 is 11.3 Å². The highest BCUT2D eigenvalue weighted by molar-refractivity contribution is 7.96. The number of rotatable bonds is 7. The molecule has 0 saturated heterocycles. The van der Waals surface area contributed by atoms with Gasteiger partial charge in [-0.15, -0.1) is 15.7 Å². The number of fused-ring (bicyclic) bond motifs is 4. The van der Waals surface area contributed by atoms with Gasteiger partial charge in [-0.2, -0.15) is 8.42 Å². The minimum Gasteiger partial charge on any atom is -0.448 e. The van der Waals surface area contributed by atoms with Crippen LogP contribution in [0, 0.1) is 0 Å². The highest BCUT2D eigenvalue weighted by Gasteiger charge is 2.43. The first kappa shape index (κ1) is 28.3. The minimum absolute atomic E-state index is 0.0419. The number of hydrogen-bond donors (Lipinski definition) is 0. The van der Waals surface area contributed by atoms with Gasteiger partial charge in [-0.05, 0) is 48.6 Å². The summed E-state index contributed by atoms with van der Waals surface area (Å²) >= 11 is 0.679. The predicted molar refractivity (Wildman–Crippen MR) is 155 cm³/mol. The molecule has 1 aromatic heterocycles. The molecule has 0 bridgehead atoms. The molecule has 0 N–H and O–H groups in total. The Bertz CT molecular complexity index is 1650. The van der Waals surface area contributed by atoms with Crippen molar-refractivity contribution in [1.29, 1.82) is 0 Å². The molecule has 40 heavy (non-hydrogen) atoms. The first-order valence-electron chi connectivity index (χ1n) is 12.9. The fraction of sp³-hybridized carbons (Fsp3) is 0.357. The van der Waals surface area contributed by atoms with Gasteiger partial charge in [0.15, 0.2) is 9.84 Å². The zero-order chi connectivity index (χ0) is 28.8. The summed E-state index contributed by atoms with van der Waals surface area (Å²) in [5.74, 6) is -0.122. The van der Waals surface area contributed by atoms with Gasteiger partial charge in [0.25, 0.3) is 10.0 Å². The molecule has 0 saturated carbocycles. The number of carbonyl (C=O) groups excluding carboxylic acids is 1. The van der Waals surface area contributed by atoms with Crippen molar-refractivity contribution in [3.8, 4) is 11.1 Å². The highest BCUT2D eigenvalue weighted by atomic mass is 32.3. The monoisotopic (exact) mass is 601 g/mol. The molecule has 2 atom stereocenters. The number of thiophene rings is 1. The van der Waals surface area contributed by atoms with Gasteiger partial charge in [-0.25, -0.2) is 13.2 Å². The van der Waals surface area contributed by atoms with Crippen molar-refractivity contribution in [1.82, 2.24) is 9.80 Å². The summed E-state index contributed by atoms with van der Waals surface area (Å²) in [7, 11) is -4.63. The molecular weight excluding hydrogens is 571 g/mol. The molecule has 0 fully saturated rings. The second kappa shape index (κ2) is 10.6. The Kier molecular flexibility index (Phi) is 7.53. The minimum atomic E-state index is -4.12. The zero-order valence-electron chi connectivity index (χ0n) is 22.6. The van der Waals surface area contributed by atoms with E-state index in [0.717, 1.165) is 28.6 Å². The Labute approximate surface area is 239 Å². The standard InChI is InChI=1S/C28H31N3O6S3/c1-5-31(28(32)37-16-24-21-12-8-6-10-19(21)20-11-7-9-13-22(20)24)25-14-18(2)39(33,34)27-23(25)15-26(38-27)40(35,36)29-17-30(3)4/h6-13,15,17-18,24-25H,5,14,16H2,1-4H3/b29-17+/t18?,25-/m0/s1. The summed E-state index contributed by atoms with van der Waals surface area (Å²) in [6.45, 7) is 3.75. The van der Waals surface area contributed by atoms with Gasteiger partial charge in [0.1, 0.15) is 21.4 Å². The van der Waals surface area contributed by atoms with Gasteiger partial charge in [0.2, 0.25) is 0 Å². The molecule has 2 heterocycles. The van der Waals surface area contributed by atoms with Crippen molar-refractivity contribution in [2.75, 3.05) is 27.2 Å². The summed E-state index contributed by atoms with van der Waals surface area (Å²) in [6, 6.07) is 16.8. The fourth-order valence-corrected chi connectivity index (χ4v) is 10.2. The summed E-state index contributed by atoms with van der Waals surface area (Å²) in [6.07, 6.45) is 0.704. The molecule has 1 amide bonds. The molecule has 3 aromatic rings. The molecule has 0 spiro atoms. The van der Waals surface area contributed by atoms with Crippen LogP contribution in [0.3, 0.4) is 0 Å². The lowest BCUT2D eigenvalue weighted by Gasteiger charge is -2.35. The number of sulfone groups is 1. The van der Waals surface area contributed by atoms with Crippen LogP contribution in [-0.2, 0) is 24.6 Å². The van der Waals surface area contributed by atoms with E-state index in [0.29, 0.717) is 11.3 Å². The third-order valence-electron chi connectivity index (χ3n) is 7.36. The molecule has 2 aromatic carbocycles. The molecule has 1 unspecified atom stereocenters. The van der Waals surface area contributed by atoms with Crippen molar-refractivity contribution in [3.63, 3.8) is 0 Å². The van der Waals surface area contributed by atoms with E-state index in [1.165, 1.54) is 15.9 Å². The zero-order valence-corrected chi connectivity index (χ0v) is 25.1. The summed E-state index contributed by atoms with van der Waals surface area (Å²) in [4.78, 5) is 16.5. The van der Waals surface area contributed by atoms with Gasteiger partial charge in [-0.3, -0.25) is 0 Å². The lowest BCUT2D eigenvalue weighted by molar-refractivity contribution is 0.0828. The number of benzene rings is 2. The summed E-state index contributed by atoms with van der Waals surface area (Å²) in [5, 5.41) is -0.806. The second-order valence-electron chi connectivity index (χ2n) is 10.2. The number of carbonyl (C=O) groups is 1. The first-order chi connectivity index (χ1) is 19.0. The maximum Gasteiger partial charge on any atom is 0.410 e. The van der Waals surface area contributed by atoms with E-state index in [9.17, 15) is 21.6 Å². The van der Waals surface area contributed by atoms with Crippen molar-refractivity contribution in [2.24, 2.45) is 4.40 Å². The van der Waals surface area contributed by atoms with Gasteiger partial charge in [0, 0.05) is 32.1 Å². The number of hydrogen-bond acceptors (Lipinski definition) is 7. The second-order valence-corrected chi connectivity index (χ2v) is 15.6. The number of nitrogens with zero attached hydrogens (tertiary/aromatic N) is 3. The Morgan fingerprint density at radius 2 is 1.68 bits per heavy atom. The van der Waals surface area contributed by atoms with Crippen molar-refractivity contribution in [2.45, 2.75) is 45.9 Å². The van der Waals surface area contributed by atoms with E-state index in [-0.39, 0.29) is 39.5 Å². The molecule has 1 aliphatic heterocycles. The average Bonchev–Trinajstić information content (AvgIpc) is 3.52. The first-order valence-corrected chi connectivity index (χ1v) is 16.7. The fourth-order valence-electron chi connectivity index (χ4n) is 5.36. The Morgan fingerprint density at radius 1 is 1.07 bits per heavy atom. The van der Waals surface area contributed by atoms with E-state index in [4.69, 9.17) is 4.74 Å². The van der Waals surface area contributed by atoms with Crippen LogP contribution in [0.2, 0.25) is 0 Å². The van der Waals surface area contributed by atoms with E-state index in [2.05, 4.69) is 16.5 Å². The summed E-state index contributed by atoms with van der Waals surface area (Å²) in [5.41, 5.74) is 4.70. The quantitative estimate of drug-likeness (QED) is 0.279. The van der Waals surface area contributed by atoms with Crippen LogP contribution in [0.15, 0.2) is 67.4 Å². The smallest absolute Gasteiger partial charge is 0.410 e. The molecule has 1 aliphatic carbocycles. The van der Waals surface area contributed by atoms with Crippen LogP contribution in [-0.4, -0.2) is 71.6 Å². The van der Waals surface area contributed by atoms with Gasteiger partial charge < -0.3 is 14.5 Å². The number of amides is 1. The maximum atomic E-state index is 13.5. The lowest BCUT2D eigenvalue weighted by atomic mass is 9.98.